The van der Waals surface area contributed by atoms with E-state index >= 15 is 0 Å². The quantitative estimate of drug-likeness (QED) is 0.643. The van der Waals surface area contributed by atoms with Crippen LogP contribution in [0, 0.1) is 5.82 Å². The fourth-order valence-corrected chi connectivity index (χ4v) is 3.27. The van der Waals surface area contributed by atoms with Crippen molar-refractivity contribution in [3.8, 4) is 0 Å². The van der Waals surface area contributed by atoms with Crippen molar-refractivity contribution in [3.63, 3.8) is 0 Å². The van der Waals surface area contributed by atoms with Gasteiger partial charge >= 0.3 is 11.7 Å². The van der Waals surface area contributed by atoms with Crippen molar-refractivity contribution in [3.05, 3.63) is 73.8 Å². The SMILES string of the molecule is COC(=O)c1cc(C2CC2)nc2c1c(=O)n(Cc1ccc(F)cc1)c(=O)n2C. The Morgan fingerprint density at radius 2 is 1.93 bits per heavy atom. The van der Waals surface area contributed by atoms with E-state index in [1.165, 1.54) is 43.0 Å². The molecule has 0 N–H and O–H groups in total. The molecule has 1 aliphatic rings. The lowest BCUT2D eigenvalue weighted by Gasteiger charge is -2.13. The summed E-state index contributed by atoms with van der Waals surface area (Å²) in [7, 11) is 2.75. The van der Waals surface area contributed by atoms with E-state index in [-0.39, 0.29) is 29.1 Å². The van der Waals surface area contributed by atoms with Gasteiger partial charge in [0.05, 0.1) is 24.6 Å². The van der Waals surface area contributed by atoms with Crippen molar-refractivity contribution in [1.82, 2.24) is 14.1 Å². The van der Waals surface area contributed by atoms with E-state index in [0.717, 1.165) is 17.4 Å². The Morgan fingerprint density at radius 1 is 1.25 bits per heavy atom. The van der Waals surface area contributed by atoms with Crippen LogP contribution in [0.3, 0.4) is 0 Å². The van der Waals surface area contributed by atoms with Crippen LogP contribution >= 0.6 is 0 Å². The molecule has 0 aliphatic heterocycles. The molecule has 1 aliphatic carbocycles. The first kappa shape index (κ1) is 18.1. The second-order valence-electron chi connectivity index (χ2n) is 6.92. The summed E-state index contributed by atoms with van der Waals surface area (Å²) in [5.41, 5.74) is 0.342. The Balaban J connectivity index is 1.98. The standard InChI is InChI=1S/C20H18FN3O4/c1-23-17-16(14(19(26)28-2)9-15(22-17)12-5-6-12)18(25)24(20(23)27)10-11-3-7-13(21)8-4-11/h3-4,7-9,12H,5-6,10H2,1-2H3. The number of hydrogen-bond acceptors (Lipinski definition) is 5. The Kier molecular flexibility index (Phi) is 4.33. The molecule has 0 atom stereocenters. The van der Waals surface area contributed by atoms with Crippen LogP contribution < -0.4 is 11.2 Å². The number of rotatable bonds is 4. The van der Waals surface area contributed by atoms with E-state index < -0.39 is 23.0 Å². The third-order valence-electron chi connectivity index (χ3n) is 4.97. The maximum Gasteiger partial charge on any atom is 0.338 e. The second-order valence-corrected chi connectivity index (χ2v) is 6.92. The van der Waals surface area contributed by atoms with E-state index in [4.69, 9.17) is 4.74 Å². The number of fused-ring (bicyclic) bond motifs is 1. The maximum atomic E-state index is 13.2. The average Bonchev–Trinajstić information content (AvgIpc) is 3.54. The summed E-state index contributed by atoms with van der Waals surface area (Å²) in [4.78, 5) is 42.8. The molecule has 7 nitrogen and oxygen atoms in total. The molecule has 28 heavy (non-hydrogen) atoms. The molecule has 1 fully saturated rings. The molecule has 2 aromatic heterocycles. The minimum Gasteiger partial charge on any atom is -0.465 e. The number of aromatic nitrogens is 3. The summed E-state index contributed by atoms with van der Waals surface area (Å²) in [6.07, 6.45) is 1.91. The summed E-state index contributed by atoms with van der Waals surface area (Å²) in [5.74, 6) is -0.838. The van der Waals surface area contributed by atoms with E-state index in [1.807, 2.05) is 0 Å². The van der Waals surface area contributed by atoms with Gasteiger partial charge in [-0.05, 0) is 36.6 Å². The largest absolute Gasteiger partial charge is 0.465 e. The van der Waals surface area contributed by atoms with Gasteiger partial charge in [0.1, 0.15) is 11.5 Å². The predicted molar refractivity (Wildman–Crippen MR) is 100 cm³/mol. The average molecular weight is 383 g/mol. The van der Waals surface area contributed by atoms with Crippen molar-refractivity contribution in [2.24, 2.45) is 7.05 Å². The number of pyridine rings is 1. The van der Waals surface area contributed by atoms with Gasteiger partial charge in [-0.3, -0.25) is 13.9 Å². The fraction of sp³-hybridized carbons (Fsp3) is 0.300. The van der Waals surface area contributed by atoms with Crippen LogP contribution in [-0.2, 0) is 18.3 Å². The Labute approximate surface area is 159 Å². The zero-order valence-corrected chi connectivity index (χ0v) is 15.4. The lowest BCUT2D eigenvalue weighted by Crippen LogP contribution is -2.40. The number of carbonyl (C=O) groups is 1. The summed E-state index contributed by atoms with van der Waals surface area (Å²) in [6, 6.07) is 7.10. The highest BCUT2D eigenvalue weighted by Gasteiger charge is 2.29. The molecule has 0 bridgehead atoms. The van der Waals surface area contributed by atoms with Gasteiger partial charge in [-0.15, -0.1) is 0 Å². The van der Waals surface area contributed by atoms with Crippen molar-refractivity contribution in [1.29, 1.82) is 0 Å². The lowest BCUT2D eigenvalue weighted by molar-refractivity contribution is 0.0602. The van der Waals surface area contributed by atoms with Crippen LogP contribution in [-0.4, -0.2) is 27.2 Å². The first-order valence-corrected chi connectivity index (χ1v) is 8.88. The fourth-order valence-electron chi connectivity index (χ4n) is 3.27. The number of ether oxygens (including phenoxy) is 1. The smallest absolute Gasteiger partial charge is 0.338 e. The normalized spacial score (nSPS) is 13.7. The zero-order chi connectivity index (χ0) is 20.0. The van der Waals surface area contributed by atoms with Crippen molar-refractivity contribution in [2.75, 3.05) is 7.11 Å². The minimum atomic E-state index is -0.654. The van der Waals surface area contributed by atoms with Crippen LogP contribution in [0.5, 0.6) is 0 Å². The van der Waals surface area contributed by atoms with Crippen LogP contribution in [0.2, 0.25) is 0 Å². The van der Waals surface area contributed by atoms with Gasteiger partial charge in [-0.25, -0.2) is 19.0 Å². The van der Waals surface area contributed by atoms with E-state index in [1.54, 1.807) is 6.07 Å². The Morgan fingerprint density at radius 3 is 2.54 bits per heavy atom. The molecule has 8 heteroatoms. The summed E-state index contributed by atoms with van der Waals surface area (Å²) >= 11 is 0. The third kappa shape index (κ3) is 3.00. The van der Waals surface area contributed by atoms with Gasteiger partial charge in [0, 0.05) is 18.7 Å². The third-order valence-corrected chi connectivity index (χ3v) is 4.97. The summed E-state index contributed by atoms with van der Waals surface area (Å²) in [6.45, 7) is -0.0489. The molecule has 0 unspecified atom stereocenters. The lowest BCUT2D eigenvalue weighted by atomic mass is 10.1. The number of carbonyl (C=O) groups excluding carboxylic acids is 1. The van der Waals surface area contributed by atoms with Gasteiger partial charge in [0.15, 0.2) is 0 Å². The van der Waals surface area contributed by atoms with Gasteiger partial charge in [0.25, 0.3) is 5.56 Å². The van der Waals surface area contributed by atoms with E-state index in [2.05, 4.69) is 4.98 Å². The molecule has 0 spiro atoms. The van der Waals surface area contributed by atoms with Crippen LogP contribution in [0.25, 0.3) is 11.0 Å². The number of methoxy groups -OCH3 is 1. The number of esters is 1. The topological polar surface area (TPSA) is 83.2 Å². The zero-order valence-electron chi connectivity index (χ0n) is 15.4. The van der Waals surface area contributed by atoms with Gasteiger partial charge < -0.3 is 4.74 Å². The Bertz CT molecular complexity index is 1210. The molecule has 0 radical (unpaired) electrons. The molecule has 1 aromatic carbocycles. The number of aryl methyl sites for hydroxylation is 1. The summed E-state index contributed by atoms with van der Waals surface area (Å²) in [5, 5.41) is 0.0421. The summed E-state index contributed by atoms with van der Waals surface area (Å²) < 4.78 is 20.3. The molecule has 3 aromatic rings. The molecular formula is C20H18FN3O4. The molecule has 1 saturated carbocycles. The first-order chi connectivity index (χ1) is 13.4. The van der Waals surface area contributed by atoms with Crippen molar-refractivity contribution < 1.29 is 13.9 Å². The first-order valence-electron chi connectivity index (χ1n) is 8.88. The molecule has 0 amide bonds. The van der Waals surface area contributed by atoms with Gasteiger partial charge in [-0.1, -0.05) is 12.1 Å². The van der Waals surface area contributed by atoms with Crippen LogP contribution in [0.1, 0.15) is 40.4 Å². The minimum absolute atomic E-state index is 0.0421. The highest BCUT2D eigenvalue weighted by molar-refractivity contribution is 6.02. The van der Waals surface area contributed by atoms with Crippen molar-refractivity contribution in [2.45, 2.75) is 25.3 Å². The van der Waals surface area contributed by atoms with E-state index in [0.29, 0.717) is 11.3 Å². The van der Waals surface area contributed by atoms with Gasteiger partial charge in [0.2, 0.25) is 0 Å². The Hall–Kier alpha value is -3.29. The molecule has 144 valence electrons. The predicted octanol–water partition coefficient (Wildman–Crippen LogP) is 1.95. The van der Waals surface area contributed by atoms with Crippen LogP contribution in [0.4, 0.5) is 4.39 Å². The number of nitrogens with zero attached hydrogens (tertiary/aromatic N) is 3. The van der Waals surface area contributed by atoms with Gasteiger partial charge in [-0.2, -0.15) is 0 Å². The van der Waals surface area contributed by atoms with Crippen molar-refractivity contribution >= 4 is 17.0 Å². The number of halogens is 1. The molecule has 2 heterocycles. The monoisotopic (exact) mass is 383 g/mol. The van der Waals surface area contributed by atoms with E-state index in [9.17, 15) is 18.8 Å². The molecular weight excluding hydrogens is 365 g/mol. The highest BCUT2D eigenvalue weighted by atomic mass is 19.1. The maximum absolute atomic E-state index is 13.2. The second kappa shape index (κ2) is 6.70. The molecule has 4 rings (SSSR count). The number of hydrogen-bond donors (Lipinski definition) is 0. The van der Waals surface area contributed by atoms with Crippen LogP contribution in [0.15, 0.2) is 39.9 Å². The highest BCUT2D eigenvalue weighted by Crippen LogP contribution is 2.39. The molecule has 0 saturated heterocycles. The number of benzene rings is 1.